The van der Waals surface area contributed by atoms with Gasteiger partial charge in [0.15, 0.2) is 0 Å². The van der Waals surface area contributed by atoms with Crippen LogP contribution >= 0.6 is 11.3 Å². The van der Waals surface area contributed by atoms with Crippen LogP contribution in [0.15, 0.2) is 30.5 Å². The molecule has 124 valence electrons. The van der Waals surface area contributed by atoms with Gasteiger partial charge in [0.05, 0.1) is 6.42 Å². The Morgan fingerprint density at radius 2 is 2.00 bits per heavy atom. The van der Waals surface area contributed by atoms with Crippen molar-refractivity contribution in [3.05, 3.63) is 41.0 Å². The second kappa shape index (κ2) is 6.24. The number of carbonyl (C=O) groups excluding carboxylic acids is 1. The number of nitrogens with zero attached hydrogens (tertiary/aromatic N) is 4. The number of nitrogens with one attached hydrogen (secondary N) is 1. The number of aromatic amines is 1. The van der Waals surface area contributed by atoms with Crippen LogP contribution in [0.2, 0.25) is 0 Å². The highest BCUT2D eigenvalue weighted by atomic mass is 32.1. The summed E-state index contributed by atoms with van der Waals surface area (Å²) < 4.78 is 0. The summed E-state index contributed by atoms with van der Waals surface area (Å²) in [6.07, 6.45) is 2.39. The number of hydrogen-bond donors (Lipinski definition) is 1. The van der Waals surface area contributed by atoms with Crippen LogP contribution in [0.4, 0.5) is 5.13 Å². The Kier molecular flexibility index (Phi) is 3.93. The number of aromatic nitrogens is 3. The molecule has 0 bridgehead atoms. The summed E-state index contributed by atoms with van der Waals surface area (Å²) in [6, 6.07) is 8.10. The van der Waals surface area contributed by atoms with Crippen molar-refractivity contribution in [2.45, 2.75) is 13.3 Å². The van der Waals surface area contributed by atoms with Gasteiger partial charge in [-0.2, -0.15) is 0 Å². The van der Waals surface area contributed by atoms with Crippen molar-refractivity contribution in [3.8, 4) is 0 Å². The molecule has 0 saturated carbocycles. The van der Waals surface area contributed by atoms with E-state index in [4.69, 9.17) is 0 Å². The van der Waals surface area contributed by atoms with Gasteiger partial charge in [0.1, 0.15) is 5.01 Å². The van der Waals surface area contributed by atoms with Gasteiger partial charge < -0.3 is 14.8 Å². The monoisotopic (exact) mass is 341 g/mol. The fourth-order valence-corrected chi connectivity index (χ4v) is 3.85. The molecule has 1 saturated heterocycles. The number of para-hydroxylation sites is 1. The van der Waals surface area contributed by atoms with Gasteiger partial charge in [0.25, 0.3) is 0 Å². The van der Waals surface area contributed by atoms with Gasteiger partial charge in [-0.1, -0.05) is 29.5 Å². The molecule has 0 atom stereocenters. The molecular formula is C17H19N5OS. The highest BCUT2D eigenvalue weighted by molar-refractivity contribution is 7.15. The molecule has 0 aliphatic carbocycles. The molecule has 2 aromatic heterocycles. The Morgan fingerprint density at radius 3 is 2.75 bits per heavy atom. The summed E-state index contributed by atoms with van der Waals surface area (Å²) in [6.45, 7) is 5.06. The molecule has 4 rings (SSSR count). The normalized spacial score (nSPS) is 15.2. The lowest BCUT2D eigenvalue weighted by atomic mass is 10.1. The molecule has 0 spiro atoms. The van der Waals surface area contributed by atoms with Crippen LogP contribution in [0.5, 0.6) is 0 Å². The van der Waals surface area contributed by atoms with Crippen molar-refractivity contribution >= 4 is 33.3 Å². The molecule has 6 nitrogen and oxygen atoms in total. The summed E-state index contributed by atoms with van der Waals surface area (Å²) in [4.78, 5) is 20.0. The maximum Gasteiger partial charge on any atom is 0.227 e. The molecule has 0 unspecified atom stereocenters. The first-order valence-electron chi connectivity index (χ1n) is 8.08. The third-order valence-electron chi connectivity index (χ3n) is 4.43. The predicted octanol–water partition coefficient (Wildman–Crippen LogP) is 2.22. The molecule has 1 N–H and O–H groups in total. The molecule has 1 aliphatic rings. The van der Waals surface area contributed by atoms with Crippen LogP contribution in [-0.2, 0) is 11.2 Å². The third-order valence-corrected chi connectivity index (χ3v) is 5.33. The molecule has 1 aliphatic heterocycles. The second-order valence-corrected chi connectivity index (χ2v) is 7.17. The highest BCUT2D eigenvalue weighted by Gasteiger charge is 2.23. The zero-order valence-corrected chi connectivity index (χ0v) is 14.3. The summed E-state index contributed by atoms with van der Waals surface area (Å²) in [5.74, 6) is 0.188. The number of hydrogen-bond acceptors (Lipinski definition) is 5. The lowest BCUT2D eigenvalue weighted by molar-refractivity contribution is -0.130. The van der Waals surface area contributed by atoms with Crippen molar-refractivity contribution < 1.29 is 4.79 Å². The molecular weight excluding hydrogens is 322 g/mol. The first kappa shape index (κ1) is 15.1. The minimum atomic E-state index is 0.188. The lowest BCUT2D eigenvalue weighted by Gasteiger charge is -2.34. The van der Waals surface area contributed by atoms with E-state index in [1.54, 1.807) is 11.3 Å². The topological polar surface area (TPSA) is 65.1 Å². The Hall–Kier alpha value is -2.41. The zero-order chi connectivity index (χ0) is 16.5. The number of carbonyl (C=O) groups is 1. The van der Waals surface area contributed by atoms with Crippen LogP contribution in [0.25, 0.3) is 10.9 Å². The van der Waals surface area contributed by atoms with Gasteiger partial charge in [-0.3, -0.25) is 4.79 Å². The van der Waals surface area contributed by atoms with E-state index in [0.717, 1.165) is 52.8 Å². The summed E-state index contributed by atoms with van der Waals surface area (Å²) in [7, 11) is 0. The number of rotatable bonds is 3. The fraction of sp³-hybridized carbons (Fsp3) is 0.353. The van der Waals surface area contributed by atoms with Crippen LogP contribution in [0, 0.1) is 6.92 Å². The molecule has 3 heterocycles. The van der Waals surface area contributed by atoms with Gasteiger partial charge in [0.2, 0.25) is 11.0 Å². The molecule has 3 aromatic rings. The van der Waals surface area contributed by atoms with Gasteiger partial charge in [0, 0.05) is 43.3 Å². The largest absolute Gasteiger partial charge is 0.361 e. The van der Waals surface area contributed by atoms with E-state index < -0.39 is 0 Å². The smallest absolute Gasteiger partial charge is 0.227 e. The van der Waals surface area contributed by atoms with Gasteiger partial charge in [-0.15, -0.1) is 10.2 Å². The molecule has 7 heteroatoms. The number of fused-ring (bicyclic) bond motifs is 1. The Morgan fingerprint density at radius 1 is 1.21 bits per heavy atom. The average molecular weight is 341 g/mol. The van der Waals surface area contributed by atoms with Crippen molar-refractivity contribution in [1.29, 1.82) is 0 Å². The minimum absolute atomic E-state index is 0.188. The number of anilines is 1. The molecule has 1 fully saturated rings. The molecule has 24 heavy (non-hydrogen) atoms. The SMILES string of the molecule is Cc1nnc(N2CCN(C(=O)Cc3c[nH]c4ccccc34)CC2)s1. The lowest BCUT2D eigenvalue weighted by Crippen LogP contribution is -2.49. The van der Waals surface area contributed by atoms with E-state index in [-0.39, 0.29) is 5.91 Å². The molecule has 1 amide bonds. The number of aryl methyl sites for hydroxylation is 1. The van der Waals surface area contributed by atoms with E-state index in [0.29, 0.717) is 6.42 Å². The van der Waals surface area contributed by atoms with Gasteiger partial charge >= 0.3 is 0 Å². The maximum atomic E-state index is 12.6. The van der Waals surface area contributed by atoms with Crippen molar-refractivity contribution in [1.82, 2.24) is 20.1 Å². The number of H-pyrrole nitrogens is 1. The van der Waals surface area contributed by atoms with Crippen molar-refractivity contribution in [2.24, 2.45) is 0 Å². The average Bonchev–Trinajstić information content (AvgIpc) is 3.22. The van der Waals surface area contributed by atoms with Crippen molar-refractivity contribution in [3.63, 3.8) is 0 Å². The van der Waals surface area contributed by atoms with E-state index >= 15 is 0 Å². The summed E-state index contributed by atoms with van der Waals surface area (Å²) in [5, 5.41) is 11.3. The van der Waals surface area contributed by atoms with E-state index in [2.05, 4.69) is 26.1 Å². The first-order valence-corrected chi connectivity index (χ1v) is 8.90. The first-order chi connectivity index (χ1) is 11.7. The maximum absolute atomic E-state index is 12.6. The third kappa shape index (κ3) is 2.87. The number of amides is 1. The summed E-state index contributed by atoms with van der Waals surface area (Å²) in [5.41, 5.74) is 2.15. The standard InChI is InChI=1S/C17H19N5OS/c1-12-19-20-17(24-12)22-8-6-21(7-9-22)16(23)10-13-11-18-15-5-3-2-4-14(13)15/h2-5,11,18H,6-10H2,1H3. The molecule has 1 aromatic carbocycles. The van der Waals surface area contributed by atoms with Crippen molar-refractivity contribution in [2.75, 3.05) is 31.1 Å². The van der Waals surface area contributed by atoms with Gasteiger partial charge in [-0.25, -0.2) is 0 Å². The zero-order valence-electron chi connectivity index (χ0n) is 13.5. The predicted molar refractivity (Wildman–Crippen MR) is 95.4 cm³/mol. The Labute approximate surface area is 144 Å². The van der Waals surface area contributed by atoms with E-state index in [1.807, 2.05) is 36.2 Å². The highest BCUT2D eigenvalue weighted by Crippen LogP contribution is 2.22. The number of benzene rings is 1. The quantitative estimate of drug-likeness (QED) is 0.793. The van der Waals surface area contributed by atoms with Crippen LogP contribution < -0.4 is 4.90 Å². The Bertz CT molecular complexity index is 863. The van der Waals surface area contributed by atoms with Crippen LogP contribution in [0.3, 0.4) is 0 Å². The number of piperazine rings is 1. The Balaban J connectivity index is 1.39. The summed E-state index contributed by atoms with van der Waals surface area (Å²) >= 11 is 1.61. The van der Waals surface area contributed by atoms with E-state index in [1.165, 1.54) is 0 Å². The fourth-order valence-electron chi connectivity index (χ4n) is 3.11. The van der Waals surface area contributed by atoms with E-state index in [9.17, 15) is 4.79 Å². The van der Waals surface area contributed by atoms with Crippen LogP contribution in [0.1, 0.15) is 10.6 Å². The van der Waals surface area contributed by atoms with Crippen LogP contribution in [-0.4, -0.2) is 52.2 Å². The second-order valence-electron chi connectivity index (χ2n) is 6.01. The molecule has 0 radical (unpaired) electrons. The minimum Gasteiger partial charge on any atom is -0.361 e. The van der Waals surface area contributed by atoms with Gasteiger partial charge in [-0.05, 0) is 18.6 Å².